The largest absolute Gasteiger partial charge is 0.480 e. The fourth-order valence-corrected chi connectivity index (χ4v) is 2.39. The zero-order valence-electron chi connectivity index (χ0n) is 11.7. The summed E-state index contributed by atoms with van der Waals surface area (Å²) in [7, 11) is 0. The van der Waals surface area contributed by atoms with Gasteiger partial charge >= 0.3 is 5.97 Å². The second-order valence-corrected chi connectivity index (χ2v) is 5.69. The van der Waals surface area contributed by atoms with Crippen molar-refractivity contribution in [3.05, 3.63) is 22.7 Å². The molecule has 0 aliphatic carbocycles. The molecule has 2 rings (SSSR count). The zero-order valence-corrected chi connectivity index (χ0v) is 12.4. The standard InChI is InChI=1S/C13H16ClN3O4/c1-6(2)11-15-4-8(14)10(16-11)12(19)17-5-7(18)3-9(17)13(20)21/h4,6-7,9,18H,3,5H2,1-2H3,(H,20,21). The Morgan fingerprint density at radius 1 is 1.48 bits per heavy atom. The summed E-state index contributed by atoms with van der Waals surface area (Å²) in [6.07, 6.45) is 0.473. The summed E-state index contributed by atoms with van der Waals surface area (Å²) in [5.74, 6) is -1.30. The molecule has 0 spiro atoms. The molecule has 0 radical (unpaired) electrons. The quantitative estimate of drug-likeness (QED) is 0.859. The zero-order chi connectivity index (χ0) is 15.7. The van der Waals surface area contributed by atoms with Gasteiger partial charge in [-0.1, -0.05) is 25.4 Å². The lowest BCUT2D eigenvalue weighted by molar-refractivity contribution is -0.141. The fraction of sp³-hybridized carbons (Fsp3) is 0.538. The summed E-state index contributed by atoms with van der Waals surface area (Å²) in [4.78, 5) is 32.9. The number of carboxylic acid groups (broad SMARTS) is 1. The van der Waals surface area contributed by atoms with E-state index in [1.165, 1.54) is 6.20 Å². The lowest BCUT2D eigenvalue weighted by Crippen LogP contribution is -2.41. The van der Waals surface area contributed by atoms with Gasteiger partial charge in [-0.2, -0.15) is 0 Å². The molecule has 2 N–H and O–H groups in total. The number of aliphatic hydroxyl groups excluding tert-OH is 1. The van der Waals surface area contributed by atoms with Crippen LogP contribution in [0.5, 0.6) is 0 Å². The molecule has 2 heterocycles. The maximum absolute atomic E-state index is 12.5. The third-order valence-electron chi connectivity index (χ3n) is 3.31. The van der Waals surface area contributed by atoms with E-state index in [-0.39, 0.29) is 29.6 Å². The number of hydrogen-bond donors (Lipinski definition) is 2. The van der Waals surface area contributed by atoms with Crippen LogP contribution in [0.25, 0.3) is 0 Å². The van der Waals surface area contributed by atoms with Crippen LogP contribution in [0.3, 0.4) is 0 Å². The topological polar surface area (TPSA) is 104 Å². The summed E-state index contributed by atoms with van der Waals surface area (Å²) in [6.45, 7) is 3.70. The SMILES string of the molecule is CC(C)c1ncc(Cl)c(C(=O)N2CC(O)CC2C(=O)O)n1. The second kappa shape index (κ2) is 5.95. The first-order valence-corrected chi connectivity index (χ1v) is 6.93. The average Bonchev–Trinajstić information content (AvgIpc) is 2.80. The van der Waals surface area contributed by atoms with Gasteiger partial charge in [0.25, 0.3) is 5.91 Å². The van der Waals surface area contributed by atoms with Crippen molar-refractivity contribution >= 4 is 23.5 Å². The van der Waals surface area contributed by atoms with Crippen LogP contribution in [0.1, 0.15) is 42.5 Å². The summed E-state index contributed by atoms with van der Waals surface area (Å²) in [5, 5.41) is 18.8. The number of aliphatic carboxylic acids is 1. The Hall–Kier alpha value is -1.73. The number of carboxylic acids is 1. The second-order valence-electron chi connectivity index (χ2n) is 5.28. The number of amides is 1. The molecular weight excluding hydrogens is 298 g/mol. The fourth-order valence-electron chi connectivity index (χ4n) is 2.22. The van der Waals surface area contributed by atoms with Gasteiger partial charge in [-0.05, 0) is 0 Å². The predicted octanol–water partition coefficient (Wildman–Crippen LogP) is 0.913. The molecule has 1 saturated heterocycles. The maximum Gasteiger partial charge on any atom is 0.326 e. The molecule has 8 heteroatoms. The molecule has 0 saturated carbocycles. The van der Waals surface area contributed by atoms with Gasteiger partial charge in [0.15, 0.2) is 5.69 Å². The number of carbonyl (C=O) groups excluding carboxylic acids is 1. The molecule has 1 fully saturated rings. The van der Waals surface area contributed by atoms with E-state index in [0.29, 0.717) is 5.82 Å². The van der Waals surface area contributed by atoms with Crippen LogP contribution < -0.4 is 0 Å². The minimum absolute atomic E-state index is 0.000807. The Balaban J connectivity index is 2.35. The number of hydrogen-bond acceptors (Lipinski definition) is 5. The number of carbonyl (C=O) groups is 2. The summed E-state index contributed by atoms with van der Waals surface area (Å²) in [5.41, 5.74) is -0.0317. The van der Waals surface area contributed by atoms with Gasteiger partial charge in [-0.25, -0.2) is 14.8 Å². The van der Waals surface area contributed by atoms with E-state index in [9.17, 15) is 14.7 Å². The first-order chi connectivity index (χ1) is 9.81. The van der Waals surface area contributed by atoms with Crippen molar-refractivity contribution in [2.45, 2.75) is 38.3 Å². The van der Waals surface area contributed by atoms with Gasteiger partial charge in [0.1, 0.15) is 11.9 Å². The molecule has 0 bridgehead atoms. The molecule has 7 nitrogen and oxygen atoms in total. The van der Waals surface area contributed by atoms with Crippen molar-refractivity contribution in [1.82, 2.24) is 14.9 Å². The molecule has 1 aliphatic heterocycles. The molecule has 114 valence electrons. The van der Waals surface area contributed by atoms with Crippen molar-refractivity contribution < 1.29 is 19.8 Å². The number of aromatic nitrogens is 2. The van der Waals surface area contributed by atoms with Crippen LogP contribution in [-0.2, 0) is 4.79 Å². The number of halogens is 1. The van der Waals surface area contributed by atoms with E-state index in [1.807, 2.05) is 13.8 Å². The molecule has 1 aromatic heterocycles. The summed E-state index contributed by atoms with van der Waals surface area (Å²) < 4.78 is 0. The third kappa shape index (κ3) is 3.14. The highest BCUT2D eigenvalue weighted by molar-refractivity contribution is 6.33. The average molecular weight is 314 g/mol. The van der Waals surface area contributed by atoms with E-state index in [2.05, 4.69) is 9.97 Å². The first-order valence-electron chi connectivity index (χ1n) is 6.55. The van der Waals surface area contributed by atoms with Gasteiger partial charge in [-0.3, -0.25) is 4.79 Å². The van der Waals surface area contributed by atoms with E-state index in [4.69, 9.17) is 16.7 Å². The van der Waals surface area contributed by atoms with Gasteiger partial charge in [0.05, 0.1) is 17.3 Å². The summed E-state index contributed by atoms with van der Waals surface area (Å²) in [6, 6.07) is -1.07. The number of likely N-dealkylation sites (tertiary alicyclic amines) is 1. The van der Waals surface area contributed by atoms with Gasteiger partial charge in [-0.15, -0.1) is 0 Å². The molecule has 1 amide bonds. The normalized spacial score (nSPS) is 21.9. The number of β-amino-alcohol motifs (C(OH)–C–C–N with tert-alkyl or cyclic N) is 1. The van der Waals surface area contributed by atoms with Crippen LogP contribution in [0.15, 0.2) is 6.20 Å². The minimum atomic E-state index is -1.16. The van der Waals surface area contributed by atoms with Crippen molar-refractivity contribution in [2.75, 3.05) is 6.54 Å². The molecular formula is C13H16ClN3O4. The highest BCUT2D eigenvalue weighted by atomic mass is 35.5. The Morgan fingerprint density at radius 3 is 2.71 bits per heavy atom. The Labute approximate surface area is 126 Å². The number of rotatable bonds is 3. The maximum atomic E-state index is 12.5. The third-order valence-corrected chi connectivity index (χ3v) is 3.58. The van der Waals surface area contributed by atoms with Crippen molar-refractivity contribution in [3.8, 4) is 0 Å². The lowest BCUT2D eigenvalue weighted by Gasteiger charge is -2.21. The van der Waals surface area contributed by atoms with Crippen molar-refractivity contribution in [1.29, 1.82) is 0 Å². The lowest BCUT2D eigenvalue weighted by atomic mass is 10.2. The molecule has 0 aromatic carbocycles. The first kappa shape index (κ1) is 15.7. The van der Waals surface area contributed by atoms with Crippen LogP contribution in [0.2, 0.25) is 5.02 Å². The monoisotopic (exact) mass is 313 g/mol. The van der Waals surface area contributed by atoms with Crippen LogP contribution in [0.4, 0.5) is 0 Å². The number of nitrogens with zero attached hydrogens (tertiary/aromatic N) is 3. The molecule has 1 aliphatic rings. The molecule has 21 heavy (non-hydrogen) atoms. The molecule has 1 aromatic rings. The van der Waals surface area contributed by atoms with Crippen molar-refractivity contribution in [2.24, 2.45) is 0 Å². The van der Waals surface area contributed by atoms with Gasteiger partial charge < -0.3 is 15.1 Å². The molecule has 2 atom stereocenters. The Kier molecular flexibility index (Phi) is 4.43. The van der Waals surface area contributed by atoms with Crippen molar-refractivity contribution in [3.63, 3.8) is 0 Å². The number of aliphatic hydroxyl groups is 1. The van der Waals surface area contributed by atoms with Gasteiger partial charge in [0, 0.05) is 18.9 Å². The summed E-state index contributed by atoms with van der Waals surface area (Å²) >= 11 is 5.96. The predicted molar refractivity (Wildman–Crippen MR) is 74.2 cm³/mol. The van der Waals surface area contributed by atoms with Crippen LogP contribution in [0, 0.1) is 0 Å². The van der Waals surface area contributed by atoms with E-state index in [1.54, 1.807) is 0 Å². The van der Waals surface area contributed by atoms with Crippen LogP contribution >= 0.6 is 11.6 Å². The highest BCUT2D eigenvalue weighted by Gasteiger charge is 2.40. The smallest absolute Gasteiger partial charge is 0.326 e. The Bertz CT molecular complexity index is 579. The van der Waals surface area contributed by atoms with E-state index < -0.39 is 24.0 Å². The highest BCUT2D eigenvalue weighted by Crippen LogP contribution is 2.24. The van der Waals surface area contributed by atoms with E-state index in [0.717, 1.165) is 4.90 Å². The Morgan fingerprint density at radius 2 is 2.14 bits per heavy atom. The van der Waals surface area contributed by atoms with Gasteiger partial charge in [0.2, 0.25) is 0 Å². The van der Waals surface area contributed by atoms with Crippen LogP contribution in [-0.4, -0.2) is 55.6 Å². The minimum Gasteiger partial charge on any atom is -0.480 e. The van der Waals surface area contributed by atoms with E-state index >= 15 is 0 Å². The molecule has 2 unspecified atom stereocenters.